The van der Waals surface area contributed by atoms with E-state index in [0.717, 1.165) is 12.8 Å². The Balaban J connectivity index is 2.10. The third-order valence-corrected chi connectivity index (χ3v) is 4.04. The Bertz CT molecular complexity index is 574. The molecule has 0 aromatic heterocycles. The summed E-state index contributed by atoms with van der Waals surface area (Å²) in [6.45, 7) is 6.20. The van der Waals surface area contributed by atoms with Crippen LogP contribution in [0.3, 0.4) is 0 Å². The third kappa shape index (κ3) is 4.37. The first-order valence-corrected chi connectivity index (χ1v) is 8.01. The summed E-state index contributed by atoms with van der Waals surface area (Å²) in [5, 5.41) is 2.89. The van der Waals surface area contributed by atoms with Crippen LogP contribution in [0, 0.1) is 5.92 Å². The van der Waals surface area contributed by atoms with Crippen molar-refractivity contribution in [3.63, 3.8) is 0 Å². The van der Waals surface area contributed by atoms with Gasteiger partial charge in [0, 0.05) is 12.6 Å². The molecule has 0 radical (unpaired) electrons. The van der Waals surface area contributed by atoms with Crippen molar-refractivity contribution in [3.05, 3.63) is 24.3 Å². The molecular formula is C17H25N3O3. The summed E-state index contributed by atoms with van der Waals surface area (Å²) in [5.74, 6) is 0.00399. The summed E-state index contributed by atoms with van der Waals surface area (Å²) in [5.41, 5.74) is 6.01. The van der Waals surface area contributed by atoms with Crippen molar-refractivity contribution in [1.82, 2.24) is 4.90 Å². The maximum Gasteiger partial charge on any atom is 0.322 e. The number of ether oxygens (including phenoxy) is 1. The first-order valence-electron chi connectivity index (χ1n) is 8.01. The molecule has 0 spiro atoms. The van der Waals surface area contributed by atoms with Gasteiger partial charge in [-0.1, -0.05) is 12.1 Å². The van der Waals surface area contributed by atoms with Gasteiger partial charge in [-0.15, -0.1) is 0 Å². The van der Waals surface area contributed by atoms with Crippen molar-refractivity contribution >= 4 is 17.6 Å². The van der Waals surface area contributed by atoms with E-state index >= 15 is 0 Å². The SMILES string of the molecule is CC(C)Oc1ccccc1NC(=O)N1C[C@@H](C(N)=O)CC[C@@H]1C. The fourth-order valence-electron chi connectivity index (χ4n) is 2.74. The van der Waals surface area contributed by atoms with E-state index < -0.39 is 0 Å². The van der Waals surface area contributed by atoms with Crippen LogP contribution in [0.25, 0.3) is 0 Å². The van der Waals surface area contributed by atoms with Gasteiger partial charge in [-0.2, -0.15) is 0 Å². The number of nitrogens with zero attached hydrogens (tertiary/aromatic N) is 1. The van der Waals surface area contributed by atoms with Crippen LogP contribution in [0.1, 0.15) is 33.6 Å². The summed E-state index contributed by atoms with van der Waals surface area (Å²) in [4.78, 5) is 25.7. The molecular weight excluding hydrogens is 294 g/mol. The number of nitrogens with two attached hydrogens (primary N) is 1. The van der Waals surface area contributed by atoms with Gasteiger partial charge < -0.3 is 20.7 Å². The summed E-state index contributed by atoms with van der Waals surface area (Å²) < 4.78 is 5.71. The summed E-state index contributed by atoms with van der Waals surface area (Å²) >= 11 is 0. The number of carbonyl (C=O) groups is 2. The van der Waals surface area contributed by atoms with Crippen molar-refractivity contribution < 1.29 is 14.3 Å². The number of para-hydroxylation sites is 2. The molecule has 2 rings (SSSR count). The van der Waals surface area contributed by atoms with Crippen molar-refractivity contribution in [2.24, 2.45) is 11.7 Å². The summed E-state index contributed by atoms with van der Waals surface area (Å²) in [6, 6.07) is 7.17. The van der Waals surface area contributed by atoms with E-state index in [2.05, 4.69) is 5.32 Å². The van der Waals surface area contributed by atoms with E-state index in [-0.39, 0.29) is 30.0 Å². The van der Waals surface area contributed by atoms with Crippen LogP contribution in [0.2, 0.25) is 0 Å². The Morgan fingerprint density at radius 2 is 2.00 bits per heavy atom. The highest BCUT2D eigenvalue weighted by Crippen LogP contribution is 2.27. The number of carbonyl (C=O) groups excluding carboxylic acids is 2. The van der Waals surface area contributed by atoms with Gasteiger partial charge in [-0.3, -0.25) is 4.79 Å². The molecule has 1 aromatic rings. The second kappa shape index (κ2) is 7.35. The normalized spacial score (nSPS) is 21.1. The van der Waals surface area contributed by atoms with E-state index in [0.29, 0.717) is 18.0 Å². The van der Waals surface area contributed by atoms with Gasteiger partial charge in [0.15, 0.2) is 0 Å². The number of benzene rings is 1. The topological polar surface area (TPSA) is 84.7 Å². The predicted octanol–water partition coefficient (Wildman–Crippen LogP) is 2.59. The van der Waals surface area contributed by atoms with E-state index in [1.54, 1.807) is 11.0 Å². The number of rotatable bonds is 4. The third-order valence-electron chi connectivity index (χ3n) is 4.04. The fourth-order valence-corrected chi connectivity index (χ4v) is 2.74. The van der Waals surface area contributed by atoms with Gasteiger partial charge in [-0.05, 0) is 45.7 Å². The monoisotopic (exact) mass is 319 g/mol. The molecule has 23 heavy (non-hydrogen) atoms. The number of piperidine rings is 1. The number of likely N-dealkylation sites (tertiary alicyclic amines) is 1. The van der Waals surface area contributed by atoms with E-state index in [4.69, 9.17) is 10.5 Å². The lowest BCUT2D eigenvalue weighted by Crippen LogP contribution is -2.50. The van der Waals surface area contributed by atoms with Crippen molar-refractivity contribution in [2.75, 3.05) is 11.9 Å². The minimum absolute atomic E-state index is 0.0150. The van der Waals surface area contributed by atoms with Gasteiger partial charge in [0.1, 0.15) is 5.75 Å². The number of hydrogen-bond acceptors (Lipinski definition) is 3. The standard InChI is InChI=1S/C17H25N3O3/c1-11(2)23-15-7-5-4-6-14(15)19-17(22)20-10-13(16(18)21)9-8-12(20)3/h4-7,11-13H,8-10H2,1-3H3,(H2,18,21)(H,19,22)/t12-,13-/m0/s1. The molecule has 0 bridgehead atoms. The lowest BCUT2D eigenvalue weighted by Gasteiger charge is -2.36. The van der Waals surface area contributed by atoms with Crippen LogP contribution in [0.4, 0.5) is 10.5 Å². The smallest absolute Gasteiger partial charge is 0.322 e. The number of anilines is 1. The Hall–Kier alpha value is -2.24. The molecule has 1 aliphatic rings. The Labute approximate surface area is 137 Å². The molecule has 0 unspecified atom stereocenters. The molecule has 2 atom stereocenters. The van der Waals surface area contributed by atoms with Gasteiger partial charge in [0.2, 0.25) is 5.91 Å². The number of hydrogen-bond donors (Lipinski definition) is 2. The molecule has 6 nitrogen and oxygen atoms in total. The second-order valence-corrected chi connectivity index (χ2v) is 6.27. The van der Waals surface area contributed by atoms with Gasteiger partial charge in [-0.25, -0.2) is 4.79 Å². The maximum atomic E-state index is 12.6. The molecule has 126 valence electrons. The first-order chi connectivity index (χ1) is 10.9. The fraction of sp³-hybridized carbons (Fsp3) is 0.529. The second-order valence-electron chi connectivity index (χ2n) is 6.27. The highest BCUT2D eigenvalue weighted by Gasteiger charge is 2.31. The van der Waals surface area contributed by atoms with Gasteiger partial charge in [0.05, 0.1) is 17.7 Å². The number of urea groups is 1. The first kappa shape index (κ1) is 17.1. The lowest BCUT2D eigenvalue weighted by atomic mass is 9.93. The van der Waals surface area contributed by atoms with E-state index in [9.17, 15) is 9.59 Å². The minimum Gasteiger partial charge on any atom is -0.489 e. The number of primary amides is 1. The van der Waals surface area contributed by atoms with Crippen molar-refractivity contribution in [1.29, 1.82) is 0 Å². The van der Waals surface area contributed by atoms with E-state index in [1.165, 1.54) is 0 Å². The number of nitrogens with one attached hydrogen (secondary N) is 1. The average Bonchev–Trinajstić information content (AvgIpc) is 2.48. The molecule has 1 saturated heterocycles. The molecule has 1 fully saturated rings. The molecule has 3 amide bonds. The van der Waals surface area contributed by atoms with E-state index in [1.807, 2.05) is 39.0 Å². The average molecular weight is 319 g/mol. The van der Waals surface area contributed by atoms with Crippen LogP contribution in [0.5, 0.6) is 5.75 Å². The summed E-state index contributed by atoms with van der Waals surface area (Å²) in [6.07, 6.45) is 1.51. The molecule has 1 aromatic carbocycles. The van der Waals surface area contributed by atoms with Crippen LogP contribution < -0.4 is 15.8 Å². The number of amides is 3. The van der Waals surface area contributed by atoms with Gasteiger partial charge in [0.25, 0.3) is 0 Å². The van der Waals surface area contributed by atoms with Crippen LogP contribution in [0.15, 0.2) is 24.3 Å². The molecule has 1 heterocycles. The quantitative estimate of drug-likeness (QED) is 0.894. The highest BCUT2D eigenvalue weighted by atomic mass is 16.5. The molecule has 1 aliphatic heterocycles. The minimum atomic E-state index is -0.349. The zero-order valence-electron chi connectivity index (χ0n) is 13.9. The Morgan fingerprint density at radius 3 is 2.65 bits per heavy atom. The zero-order valence-corrected chi connectivity index (χ0v) is 13.9. The van der Waals surface area contributed by atoms with Crippen LogP contribution >= 0.6 is 0 Å². The Kier molecular flexibility index (Phi) is 5.47. The highest BCUT2D eigenvalue weighted by molar-refractivity contribution is 5.91. The van der Waals surface area contributed by atoms with Crippen molar-refractivity contribution in [3.8, 4) is 5.75 Å². The van der Waals surface area contributed by atoms with Crippen LogP contribution in [-0.4, -0.2) is 35.5 Å². The Morgan fingerprint density at radius 1 is 1.30 bits per heavy atom. The molecule has 6 heteroatoms. The zero-order chi connectivity index (χ0) is 17.0. The lowest BCUT2D eigenvalue weighted by molar-refractivity contribution is -0.123. The molecule has 0 aliphatic carbocycles. The van der Waals surface area contributed by atoms with Crippen LogP contribution in [-0.2, 0) is 4.79 Å². The largest absolute Gasteiger partial charge is 0.489 e. The predicted molar refractivity (Wildman–Crippen MR) is 89.3 cm³/mol. The van der Waals surface area contributed by atoms with Gasteiger partial charge >= 0.3 is 6.03 Å². The summed E-state index contributed by atoms with van der Waals surface area (Å²) in [7, 11) is 0. The molecule has 0 saturated carbocycles. The maximum absolute atomic E-state index is 12.6. The van der Waals surface area contributed by atoms with Crippen molar-refractivity contribution in [2.45, 2.75) is 45.8 Å². The molecule has 3 N–H and O–H groups in total.